The van der Waals surface area contributed by atoms with Gasteiger partial charge in [-0.2, -0.15) is 0 Å². The number of methoxy groups -OCH3 is 1. The van der Waals surface area contributed by atoms with Crippen molar-refractivity contribution in [2.45, 2.75) is 17.9 Å². The lowest BCUT2D eigenvalue weighted by molar-refractivity contribution is 0.0880. The van der Waals surface area contributed by atoms with Crippen LogP contribution in [0.5, 0.6) is 0 Å². The second-order valence-corrected chi connectivity index (χ2v) is 5.45. The number of carbonyl (C=O) groups excluding carboxylic acids is 1. The smallest absolute Gasteiger partial charge is 0.268 e. The molecule has 0 bridgehead atoms. The molecule has 0 saturated carbocycles. The van der Waals surface area contributed by atoms with Crippen LogP contribution >= 0.6 is 0 Å². The van der Waals surface area contributed by atoms with Crippen LogP contribution < -0.4 is 10.5 Å². The maximum absolute atomic E-state index is 12.1. The van der Waals surface area contributed by atoms with Crippen LogP contribution in [-0.2, 0) is 21.3 Å². The molecule has 0 aliphatic rings. The minimum absolute atomic E-state index is 0.0771. The fourth-order valence-electron chi connectivity index (χ4n) is 1.46. The molecule has 1 amide bonds. The van der Waals surface area contributed by atoms with Crippen molar-refractivity contribution in [1.82, 2.24) is 9.88 Å². The van der Waals surface area contributed by atoms with Crippen molar-refractivity contribution in [3.63, 3.8) is 0 Å². The Labute approximate surface area is 114 Å². The number of hydrogen-bond acceptors (Lipinski definition) is 4. The van der Waals surface area contributed by atoms with Gasteiger partial charge < -0.3 is 14.6 Å². The lowest BCUT2D eigenvalue weighted by Gasteiger charge is -2.08. The van der Waals surface area contributed by atoms with Gasteiger partial charge in [0.1, 0.15) is 10.6 Å². The van der Waals surface area contributed by atoms with Gasteiger partial charge in [-0.3, -0.25) is 4.79 Å². The Morgan fingerprint density at radius 3 is 2.70 bits per heavy atom. The maximum Gasteiger partial charge on any atom is 0.268 e. The SMILES string of the molecule is COCCn1cc(S(N)(=O)=O)cc1C(=O)NCC(F)F. The van der Waals surface area contributed by atoms with Gasteiger partial charge in [0.25, 0.3) is 12.3 Å². The number of amides is 1. The van der Waals surface area contributed by atoms with Crippen LogP contribution in [-0.4, -0.2) is 45.6 Å². The molecular formula is C10H15F2N3O4S. The predicted octanol–water partition coefficient (Wildman–Crippen LogP) is -0.223. The Morgan fingerprint density at radius 2 is 2.20 bits per heavy atom. The van der Waals surface area contributed by atoms with E-state index in [1.807, 2.05) is 5.32 Å². The molecule has 0 atom stereocenters. The van der Waals surface area contributed by atoms with Crippen molar-refractivity contribution in [3.05, 3.63) is 18.0 Å². The van der Waals surface area contributed by atoms with Crippen molar-refractivity contribution in [2.75, 3.05) is 20.3 Å². The van der Waals surface area contributed by atoms with Crippen LogP contribution in [0.15, 0.2) is 17.2 Å². The van der Waals surface area contributed by atoms with E-state index < -0.39 is 28.9 Å². The molecule has 0 aliphatic heterocycles. The normalized spacial score (nSPS) is 11.8. The zero-order valence-corrected chi connectivity index (χ0v) is 11.5. The molecule has 0 unspecified atom stereocenters. The number of ether oxygens (including phenoxy) is 1. The summed E-state index contributed by atoms with van der Waals surface area (Å²) in [5.74, 6) is -0.809. The molecule has 7 nitrogen and oxygen atoms in total. The number of nitrogens with two attached hydrogens (primary N) is 1. The molecule has 0 fully saturated rings. The second kappa shape index (κ2) is 6.77. The third-order valence-electron chi connectivity index (χ3n) is 2.39. The van der Waals surface area contributed by atoms with E-state index in [1.54, 1.807) is 0 Å². The first-order valence-electron chi connectivity index (χ1n) is 5.54. The lowest BCUT2D eigenvalue weighted by atomic mass is 10.4. The lowest BCUT2D eigenvalue weighted by Crippen LogP contribution is -2.30. The fraction of sp³-hybridized carbons (Fsp3) is 0.500. The molecule has 1 rings (SSSR count). The van der Waals surface area contributed by atoms with Crippen LogP contribution in [0.3, 0.4) is 0 Å². The Balaban J connectivity index is 3.02. The number of aromatic nitrogens is 1. The minimum Gasteiger partial charge on any atom is -0.383 e. The van der Waals surface area contributed by atoms with Crippen molar-refractivity contribution in [3.8, 4) is 0 Å². The van der Waals surface area contributed by atoms with E-state index in [-0.39, 0.29) is 23.7 Å². The first-order chi connectivity index (χ1) is 9.25. The van der Waals surface area contributed by atoms with E-state index >= 15 is 0 Å². The van der Waals surface area contributed by atoms with Gasteiger partial charge in [-0.25, -0.2) is 22.3 Å². The number of nitrogens with one attached hydrogen (secondary N) is 1. The first kappa shape index (κ1) is 16.5. The van der Waals surface area contributed by atoms with Gasteiger partial charge in [0, 0.05) is 19.9 Å². The van der Waals surface area contributed by atoms with Gasteiger partial charge in [-0.1, -0.05) is 0 Å². The molecule has 3 N–H and O–H groups in total. The molecule has 0 aliphatic carbocycles. The van der Waals surface area contributed by atoms with Crippen LogP contribution in [0.2, 0.25) is 0 Å². The number of carbonyl (C=O) groups is 1. The Hall–Kier alpha value is -1.52. The first-order valence-corrected chi connectivity index (χ1v) is 7.08. The zero-order valence-electron chi connectivity index (χ0n) is 10.7. The standard InChI is InChI=1S/C10H15F2N3O4S/c1-19-3-2-15-6-7(20(13,17)18)4-8(15)10(16)14-5-9(11)12/h4,6,9H,2-3,5H2,1H3,(H,14,16)(H2,13,17,18). The van der Waals surface area contributed by atoms with Crippen LogP contribution in [0.4, 0.5) is 8.78 Å². The van der Waals surface area contributed by atoms with Crippen molar-refractivity contribution in [1.29, 1.82) is 0 Å². The molecule has 1 heterocycles. The van der Waals surface area contributed by atoms with Gasteiger partial charge in [-0.05, 0) is 6.07 Å². The summed E-state index contributed by atoms with van der Waals surface area (Å²) >= 11 is 0. The number of halogens is 2. The van der Waals surface area contributed by atoms with E-state index in [9.17, 15) is 22.0 Å². The van der Waals surface area contributed by atoms with E-state index in [1.165, 1.54) is 11.7 Å². The third-order valence-corrected chi connectivity index (χ3v) is 3.27. The molecule has 0 spiro atoms. The highest BCUT2D eigenvalue weighted by atomic mass is 32.2. The largest absolute Gasteiger partial charge is 0.383 e. The summed E-state index contributed by atoms with van der Waals surface area (Å²) in [5.41, 5.74) is -0.0771. The van der Waals surface area contributed by atoms with Gasteiger partial charge >= 0.3 is 0 Å². The molecule has 114 valence electrons. The highest BCUT2D eigenvalue weighted by molar-refractivity contribution is 7.89. The molecule has 1 aromatic heterocycles. The van der Waals surface area contributed by atoms with Crippen molar-refractivity contribution in [2.24, 2.45) is 5.14 Å². The topological polar surface area (TPSA) is 103 Å². The summed E-state index contributed by atoms with van der Waals surface area (Å²) in [6.07, 6.45) is -1.54. The Kier molecular flexibility index (Phi) is 5.60. The second-order valence-electron chi connectivity index (χ2n) is 3.89. The molecule has 0 aromatic carbocycles. The van der Waals surface area contributed by atoms with Crippen LogP contribution in [0, 0.1) is 0 Å². The van der Waals surface area contributed by atoms with Gasteiger partial charge in [0.15, 0.2) is 0 Å². The van der Waals surface area contributed by atoms with E-state index in [0.717, 1.165) is 12.3 Å². The molecular weight excluding hydrogens is 296 g/mol. The zero-order chi connectivity index (χ0) is 15.3. The summed E-state index contributed by atoms with van der Waals surface area (Å²) in [6, 6.07) is 1.03. The van der Waals surface area contributed by atoms with Crippen molar-refractivity contribution >= 4 is 15.9 Å². The summed E-state index contributed by atoms with van der Waals surface area (Å²) in [7, 11) is -2.55. The van der Waals surface area contributed by atoms with Crippen LogP contribution in [0.1, 0.15) is 10.5 Å². The van der Waals surface area contributed by atoms with E-state index in [0.29, 0.717) is 0 Å². The molecule has 10 heteroatoms. The quantitative estimate of drug-likeness (QED) is 0.726. The number of sulfonamides is 1. The number of rotatable bonds is 7. The predicted molar refractivity (Wildman–Crippen MR) is 66.0 cm³/mol. The van der Waals surface area contributed by atoms with Gasteiger partial charge in [-0.15, -0.1) is 0 Å². The summed E-state index contributed by atoms with van der Waals surface area (Å²) in [5, 5.41) is 6.96. The average Bonchev–Trinajstić information content (AvgIpc) is 2.77. The highest BCUT2D eigenvalue weighted by Crippen LogP contribution is 2.13. The maximum atomic E-state index is 12.1. The highest BCUT2D eigenvalue weighted by Gasteiger charge is 2.19. The van der Waals surface area contributed by atoms with E-state index in [4.69, 9.17) is 9.88 Å². The number of nitrogens with zero attached hydrogens (tertiary/aromatic N) is 1. The summed E-state index contributed by atoms with van der Waals surface area (Å²) in [6.45, 7) is -0.420. The van der Waals surface area contributed by atoms with Gasteiger partial charge in [0.2, 0.25) is 10.0 Å². The molecule has 0 radical (unpaired) electrons. The Morgan fingerprint density at radius 1 is 1.55 bits per heavy atom. The van der Waals surface area contributed by atoms with Gasteiger partial charge in [0.05, 0.1) is 13.2 Å². The number of hydrogen-bond donors (Lipinski definition) is 2. The average molecular weight is 311 g/mol. The number of alkyl halides is 2. The summed E-state index contributed by atoms with van der Waals surface area (Å²) < 4.78 is 52.7. The van der Waals surface area contributed by atoms with E-state index in [2.05, 4.69) is 0 Å². The molecule has 1 aromatic rings. The monoisotopic (exact) mass is 311 g/mol. The summed E-state index contributed by atoms with van der Waals surface area (Å²) in [4.78, 5) is 11.5. The minimum atomic E-state index is -3.98. The van der Waals surface area contributed by atoms with Crippen LogP contribution in [0.25, 0.3) is 0 Å². The molecule has 20 heavy (non-hydrogen) atoms. The van der Waals surface area contributed by atoms with Crippen molar-refractivity contribution < 1.29 is 26.7 Å². The third kappa shape index (κ3) is 4.54. The Bertz CT molecular complexity index is 571. The fourth-order valence-corrected chi connectivity index (χ4v) is 2.01. The molecule has 0 saturated heterocycles. The number of primary sulfonamides is 1.